The van der Waals surface area contributed by atoms with E-state index in [0.717, 1.165) is 16.8 Å². The Bertz CT molecular complexity index is 1040. The first-order chi connectivity index (χ1) is 11.3. The summed E-state index contributed by atoms with van der Waals surface area (Å²) in [5, 5.41) is 9.04. The molecule has 0 N–H and O–H groups in total. The van der Waals surface area contributed by atoms with Crippen molar-refractivity contribution in [1.82, 2.24) is 9.55 Å². The molecule has 2 aromatic heterocycles. The fourth-order valence-corrected chi connectivity index (χ4v) is 2.60. The SMILES string of the molecule is N#Cc1c(Cl)c2cnc(C(F)(F)F)cc2n(-c2ccccc2)c1=O. The molecular weight excluding hydrogens is 343 g/mol. The second-order valence-electron chi connectivity index (χ2n) is 4.86. The third kappa shape index (κ3) is 2.51. The zero-order valence-electron chi connectivity index (χ0n) is 11.8. The van der Waals surface area contributed by atoms with Gasteiger partial charge >= 0.3 is 6.18 Å². The maximum absolute atomic E-state index is 13.0. The summed E-state index contributed by atoms with van der Waals surface area (Å²) in [4.78, 5) is 15.9. The molecular formula is C16H7ClF3N3O. The highest BCUT2D eigenvalue weighted by Crippen LogP contribution is 2.32. The van der Waals surface area contributed by atoms with Crippen LogP contribution in [0.25, 0.3) is 16.6 Å². The van der Waals surface area contributed by atoms with Crippen LogP contribution in [-0.4, -0.2) is 9.55 Å². The number of aromatic nitrogens is 2. The van der Waals surface area contributed by atoms with Crippen molar-refractivity contribution in [3.63, 3.8) is 0 Å². The van der Waals surface area contributed by atoms with E-state index in [9.17, 15) is 18.0 Å². The van der Waals surface area contributed by atoms with Gasteiger partial charge in [0.1, 0.15) is 17.3 Å². The van der Waals surface area contributed by atoms with Crippen LogP contribution in [0.5, 0.6) is 0 Å². The highest BCUT2D eigenvalue weighted by Gasteiger charge is 2.33. The number of hydrogen-bond donors (Lipinski definition) is 0. The number of nitriles is 1. The van der Waals surface area contributed by atoms with Gasteiger partial charge in [-0.2, -0.15) is 18.4 Å². The van der Waals surface area contributed by atoms with Gasteiger partial charge in [0.25, 0.3) is 5.56 Å². The minimum absolute atomic E-state index is 0.0717. The molecule has 0 aliphatic rings. The van der Waals surface area contributed by atoms with Gasteiger partial charge in [0.2, 0.25) is 0 Å². The number of pyridine rings is 2. The Morgan fingerprint density at radius 1 is 1.21 bits per heavy atom. The van der Waals surface area contributed by atoms with E-state index >= 15 is 0 Å². The number of nitrogens with zero attached hydrogens (tertiary/aromatic N) is 3. The summed E-state index contributed by atoms with van der Waals surface area (Å²) in [6.07, 6.45) is -3.76. The van der Waals surface area contributed by atoms with Crippen molar-refractivity contribution in [2.24, 2.45) is 0 Å². The maximum atomic E-state index is 13.0. The lowest BCUT2D eigenvalue weighted by Crippen LogP contribution is -2.23. The van der Waals surface area contributed by atoms with Crippen molar-refractivity contribution in [3.8, 4) is 11.8 Å². The van der Waals surface area contributed by atoms with Gasteiger partial charge < -0.3 is 0 Å². The Labute approximate surface area is 138 Å². The van der Waals surface area contributed by atoms with E-state index in [2.05, 4.69) is 4.98 Å². The molecule has 1 aromatic carbocycles. The van der Waals surface area contributed by atoms with Crippen molar-refractivity contribution in [3.05, 3.63) is 69.2 Å². The molecule has 0 atom stereocenters. The van der Waals surface area contributed by atoms with Gasteiger partial charge in [-0.1, -0.05) is 29.8 Å². The van der Waals surface area contributed by atoms with Gasteiger partial charge in [-0.05, 0) is 18.2 Å². The van der Waals surface area contributed by atoms with Crippen LogP contribution in [0.4, 0.5) is 13.2 Å². The Kier molecular flexibility index (Phi) is 3.78. The van der Waals surface area contributed by atoms with Crippen LogP contribution in [0.15, 0.2) is 47.4 Å². The molecule has 2 heterocycles. The smallest absolute Gasteiger partial charge is 0.276 e. The monoisotopic (exact) mass is 349 g/mol. The summed E-state index contributed by atoms with van der Waals surface area (Å²) in [5.74, 6) is 0. The molecule has 120 valence electrons. The summed E-state index contributed by atoms with van der Waals surface area (Å²) in [5.41, 5.74) is -2.05. The fourth-order valence-electron chi connectivity index (χ4n) is 2.33. The van der Waals surface area contributed by atoms with E-state index in [0.29, 0.717) is 5.69 Å². The zero-order chi connectivity index (χ0) is 17.5. The van der Waals surface area contributed by atoms with Gasteiger partial charge in [-0.15, -0.1) is 0 Å². The number of rotatable bonds is 1. The Morgan fingerprint density at radius 2 is 1.88 bits per heavy atom. The summed E-state index contributed by atoms with van der Waals surface area (Å²) in [6.45, 7) is 0. The Morgan fingerprint density at radius 3 is 2.46 bits per heavy atom. The van der Waals surface area contributed by atoms with E-state index < -0.39 is 17.4 Å². The molecule has 3 aromatic rings. The fraction of sp³-hybridized carbons (Fsp3) is 0.0625. The Balaban J connectivity index is 2.52. The van der Waals surface area contributed by atoms with Crippen molar-refractivity contribution >= 4 is 22.5 Å². The van der Waals surface area contributed by atoms with E-state index in [-0.39, 0.29) is 21.5 Å². The van der Waals surface area contributed by atoms with Gasteiger partial charge in [-0.3, -0.25) is 14.3 Å². The third-order valence-corrected chi connectivity index (χ3v) is 3.81. The predicted molar refractivity (Wildman–Crippen MR) is 82.1 cm³/mol. The molecule has 3 rings (SSSR count). The van der Waals surface area contributed by atoms with Gasteiger partial charge in [0.15, 0.2) is 0 Å². The molecule has 0 fully saturated rings. The second-order valence-corrected chi connectivity index (χ2v) is 5.24. The average molecular weight is 350 g/mol. The molecule has 0 bridgehead atoms. The van der Waals surface area contributed by atoms with E-state index in [4.69, 9.17) is 16.9 Å². The lowest BCUT2D eigenvalue weighted by atomic mass is 10.1. The van der Waals surface area contributed by atoms with E-state index in [1.54, 1.807) is 36.4 Å². The van der Waals surface area contributed by atoms with Crippen LogP contribution in [0.1, 0.15) is 11.3 Å². The van der Waals surface area contributed by atoms with Gasteiger partial charge in [-0.25, -0.2) is 0 Å². The van der Waals surface area contributed by atoms with Crippen LogP contribution in [0.2, 0.25) is 5.02 Å². The zero-order valence-corrected chi connectivity index (χ0v) is 12.6. The molecule has 0 aliphatic carbocycles. The highest BCUT2D eigenvalue weighted by molar-refractivity contribution is 6.36. The molecule has 0 spiro atoms. The lowest BCUT2D eigenvalue weighted by molar-refractivity contribution is -0.141. The first-order valence-corrected chi connectivity index (χ1v) is 6.99. The molecule has 0 saturated carbocycles. The first-order valence-electron chi connectivity index (χ1n) is 6.61. The normalized spacial score (nSPS) is 11.5. The summed E-state index contributed by atoms with van der Waals surface area (Å²) < 4.78 is 39.9. The molecule has 0 unspecified atom stereocenters. The topological polar surface area (TPSA) is 58.7 Å². The van der Waals surface area contributed by atoms with Crippen molar-refractivity contribution in [2.75, 3.05) is 0 Å². The largest absolute Gasteiger partial charge is 0.433 e. The van der Waals surface area contributed by atoms with Gasteiger partial charge in [0.05, 0.1) is 10.5 Å². The Hall–Kier alpha value is -2.85. The number of hydrogen-bond acceptors (Lipinski definition) is 3. The van der Waals surface area contributed by atoms with Crippen LogP contribution in [0, 0.1) is 11.3 Å². The maximum Gasteiger partial charge on any atom is 0.433 e. The van der Waals surface area contributed by atoms with Crippen LogP contribution in [-0.2, 0) is 6.18 Å². The minimum atomic E-state index is -4.67. The number of benzene rings is 1. The number of halogens is 4. The number of fused-ring (bicyclic) bond motifs is 1. The van der Waals surface area contributed by atoms with Crippen molar-refractivity contribution in [1.29, 1.82) is 5.26 Å². The second kappa shape index (κ2) is 5.65. The van der Waals surface area contributed by atoms with Crippen LogP contribution in [0.3, 0.4) is 0 Å². The summed E-state index contributed by atoms with van der Waals surface area (Å²) >= 11 is 6.02. The number of para-hydroxylation sites is 1. The van der Waals surface area contributed by atoms with Crippen molar-refractivity contribution < 1.29 is 13.2 Å². The third-order valence-electron chi connectivity index (χ3n) is 3.41. The molecule has 8 heteroatoms. The molecule has 24 heavy (non-hydrogen) atoms. The molecule has 0 saturated heterocycles. The average Bonchev–Trinajstić information content (AvgIpc) is 2.55. The first kappa shape index (κ1) is 16.0. The predicted octanol–water partition coefficient (Wildman–Crippen LogP) is 3.93. The molecule has 4 nitrogen and oxygen atoms in total. The quantitative estimate of drug-likeness (QED) is 0.669. The minimum Gasteiger partial charge on any atom is -0.276 e. The lowest BCUT2D eigenvalue weighted by Gasteiger charge is -2.14. The van der Waals surface area contributed by atoms with E-state index in [1.807, 2.05) is 0 Å². The van der Waals surface area contributed by atoms with Crippen LogP contribution >= 0.6 is 11.6 Å². The van der Waals surface area contributed by atoms with E-state index in [1.165, 1.54) is 0 Å². The molecule has 0 aliphatic heterocycles. The molecule has 0 radical (unpaired) electrons. The van der Waals surface area contributed by atoms with Gasteiger partial charge in [0, 0.05) is 17.3 Å². The summed E-state index contributed by atoms with van der Waals surface area (Å²) in [6, 6.07) is 10.5. The standard InChI is InChI=1S/C16H7ClF3N3O/c17-14-10(7-21)15(24)23(9-4-2-1-3-5-9)12-6-13(16(18,19)20)22-8-11(12)14/h1-6,8H. The molecule has 0 amide bonds. The highest BCUT2D eigenvalue weighted by atomic mass is 35.5. The van der Waals surface area contributed by atoms with Crippen LogP contribution < -0.4 is 5.56 Å². The number of alkyl halides is 3. The summed E-state index contributed by atoms with van der Waals surface area (Å²) in [7, 11) is 0. The van der Waals surface area contributed by atoms with Crippen molar-refractivity contribution in [2.45, 2.75) is 6.18 Å².